The third-order valence-corrected chi connectivity index (χ3v) is 6.59. The van der Waals surface area contributed by atoms with Crippen LogP contribution in [0.1, 0.15) is 72.8 Å². The number of hydrogen-bond donors (Lipinski definition) is 1. The lowest BCUT2D eigenvalue weighted by Gasteiger charge is -2.38. The van der Waals surface area contributed by atoms with Gasteiger partial charge in [-0.15, -0.1) is 0 Å². The highest BCUT2D eigenvalue weighted by molar-refractivity contribution is 6.30. The molecule has 1 N–H and O–H groups in total. The van der Waals surface area contributed by atoms with Crippen LogP contribution in [0.5, 0.6) is 0 Å². The Hall–Kier alpha value is -3.01. The molecule has 0 aromatic heterocycles. The fourth-order valence-corrected chi connectivity index (χ4v) is 4.76. The molecular weight excluding hydrogens is 526 g/mol. The van der Waals surface area contributed by atoms with E-state index in [-0.39, 0.29) is 19.5 Å². The second-order valence-electron chi connectivity index (χ2n) is 11.9. The first-order valence-electron chi connectivity index (χ1n) is 13.4. The molecule has 2 heterocycles. The standard InChI is InChI=1S/C28H40ClN3O7/c1-26(2,3)38-24(35)31-17-7-9-21(31)22(33)37-28(15-8-18-32(28)25(36)39-27(4,5)6)23(34)30-16-14-19-10-12-20(29)13-11-19/h10-13,21H,7-9,14-18H2,1-6H3,(H,30,34)/t21-,28-/m1/s1. The van der Waals surface area contributed by atoms with Crippen LogP contribution in [-0.4, -0.2) is 76.5 Å². The van der Waals surface area contributed by atoms with Crippen LogP contribution < -0.4 is 5.32 Å². The second-order valence-corrected chi connectivity index (χ2v) is 12.3. The van der Waals surface area contributed by atoms with E-state index >= 15 is 0 Å². The number of hydrogen-bond acceptors (Lipinski definition) is 7. The topological polar surface area (TPSA) is 114 Å². The zero-order valence-corrected chi connectivity index (χ0v) is 24.4. The number of carbonyl (C=O) groups excluding carboxylic acids is 4. The number of carbonyl (C=O) groups is 4. The fourth-order valence-electron chi connectivity index (χ4n) is 4.63. The summed E-state index contributed by atoms with van der Waals surface area (Å²) in [6, 6.07) is 6.32. The molecule has 0 aliphatic carbocycles. The molecule has 1 aromatic rings. The average Bonchev–Trinajstić information content (AvgIpc) is 3.46. The van der Waals surface area contributed by atoms with Gasteiger partial charge in [-0.2, -0.15) is 0 Å². The Kier molecular flexibility index (Phi) is 9.41. The Morgan fingerprint density at radius 2 is 1.56 bits per heavy atom. The van der Waals surface area contributed by atoms with Gasteiger partial charge in [0.05, 0.1) is 0 Å². The minimum atomic E-state index is -1.90. The summed E-state index contributed by atoms with van der Waals surface area (Å²) in [7, 11) is 0. The van der Waals surface area contributed by atoms with Crippen molar-refractivity contribution in [1.29, 1.82) is 0 Å². The van der Waals surface area contributed by atoms with Crippen molar-refractivity contribution in [2.45, 2.75) is 96.6 Å². The molecule has 216 valence electrons. The zero-order chi connectivity index (χ0) is 29.0. The fraction of sp³-hybridized carbons (Fsp3) is 0.643. The quantitative estimate of drug-likeness (QED) is 0.394. The monoisotopic (exact) mass is 565 g/mol. The van der Waals surface area contributed by atoms with Crippen LogP contribution >= 0.6 is 11.6 Å². The molecule has 39 heavy (non-hydrogen) atoms. The van der Waals surface area contributed by atoms with Gasteiger partial charge in [-0.3, -0.25) is 14.6 Å². The number of esters is 1. The molecule has 10 nitrogen and oxygen atoms in total. The lowest BCUT2D eigenvalue weighted by molar-refractivity contribution is -0.188. The number of nitrogens with zero attached hydrogens (tertiary/aromatic N) is 2. The summed E-state index contributed by atoms with van der Waals surface area (Å²) in [5.41, 5.74) is -2.50. The van der Waals surface area contributed by atoms with Crippen LogP contribution in [-0.2, 0) is 30.2 Å². The van der Waals surface area contributed by atoms with Crippen molar-refractivity contribution in [1.82, 2.24) is 15.1 Å². The Labute approximate surface area is 235 Å². The molecule has 0 bridgehead atoms. The molecule has 0 saturated carbocycles. The van der Waals surface area contributed by atoms with E-state index in [1.54, 1.807) is 53.7 Å². The maximum Gasteiger partial charge on any atom is 0.413 e. The molecule has 0 radical (unpaired) electrons. The van der Waals surface area contributed by atoms with Gasteiger partial charge in [-0.25, -0.2) is 14.4 Å². The van der Waals surface area contributed by atoms with Crippen LogP contribution in [0.3, 0.4) is 0 Å². The molecule has 3 rings (SSSR count). The van der Waals surface area contributed by atoms with Crippen molar-refractivity contribution in [3.05, 3.63) is 34.9 Å². The minimum Gasteiger partial charge on any atom is -0.444 e. The van der Waals surface area contributed by atoms with Gasteiger partial charge in [0, 0.05) is 31.1 Å². The van der Waals surface area contributed by atoms with E-state index in [0.29, 0.717) is 37.3 Å². The maximum absolute atomic E-state index is 13.7. The highest BCUT2D eigenvalue weighted by Gasteiger charge is 2.56. The predicted octanol–water partition coefficient (Wildman–Crippen LogP) is 4.67. The smallest absolute Gasteiger partial charge is 0.413 e. The van der Waals surface area contributed by atoms with E-state index < -0.39 is 47.0 Å². The maximum atomic E-state index is 13.7. The molecule has 0 unspecified atom stereocenters. The highest BCUT2D eigenvalue weighted by Crippen LogP contribution is 2.34. The number of amides is 3. The first-order chi connectivity index (χ1) is 18.1. The van der Waals surface area contributed by atoms with Crippen molar-refractivity contribution in [2.24, 2.45) is 0 Å². The van der Waals surface area contributed by atoms with Crippen molar-refractivity contribution in [2.75, 3.05) is 19.6 Å². The summed E-state index contributed by atoms with van der Waals surface area (Å²) in [4.78, 5) is 55.7. The number of benzene rings is 1. The van der Waals surface area contributed by atoms with E-state index in [1.165, 1.54) is 9.80 Å². The number of halogens is 1. The second kappa shape index (κ2) is 12.0. The summed E-state index contributed by atoms with van der Waals surface area (Å²) in [5, 5.41) is 3.44. The number of rotatable bonds is 6. The third kappa shape index (κ3) is 8.00. The largest absolute Gasteiger partial charge is 0.444 e. The van der Waals surface area contributed by atoms with Crippen LogP contribution in [0.25, 0.3) is 0 Å². The Balaban J connectivity index is 1.81. The van der Waals surface area contributed by atoms with E-state index in [2.05, 4.69) is 5.32 Å². The lowest BCUT2D eigenvalue weighted by atomic mass is 10.1. The first kappa shape index (κ1) is 30.5. The van der Waals surface area contributed by atoms with Gasteiger partial charge in [-0.1, -0.05) is 23.7 Å². The van der Waals surface area contributed by atoms with Crippen molar-refractivity contribution in [3.63, 3.8) is 0 Å². The van der Waals surface area contributed by atoms with Gasteiger partial charge in [0.2, 0.25) is 0 Å². The summed E-state index contributed by atoms with van der Waals surface area (Å²) >= 11 is 5.96. The van der Waals surface area contributed by atoms with Gasteiger partial charge in [0.15, 0.2) is 0 Å². The molecule has 2 aliphatic heterocycles. The predicted molar refractivity (Wildman–Crippen MR) is 145 cm³/mol. The average molecular weight is 566 g/mol. The number of likely N-dealkylation sites (tertiary alicyclic amines) is 2. The van der Waals surface area contributed by atoms with Crippen LogP contribution in [0.4, 0.5) is 9.59 Å². The van der Waals surface area contributed by atoms with Crippen molar-refractivity contribution < 1.29 is 33.4 Å². The van der Waals surface area contributed by atoms with Crippen LogP contribution in [0, 0.1) is 0 Å². The molecular formula is C28H40ClN3O7. The Bertz CT molecular complexity index is 1060. The Morgan fingerprint density at radius 3 is 2.18 bits per heavy atom. The third-order valence-electron chi connectivity index (χ3n) is 6.34. The minimum absolute atomic E-state index is 0.101. The highest BCUT2D eigenvalue weighted by atomic mass is 35.5. The van der Waals surface area contributed by atoms with Crippen LogP contribution in [0.2, 0.25) is 5.02 Å². The first-order valence-corrected chi connectivity index (χ1v) is 13.7. The Morgan fingerprint density at radius 1 is 0.949 bits per heavy atom. The normalized spacial score (nSPS) is 21.5. The van der Waals surface area contributed by atoms with Gasteiger partial charge < -0.3 is 19.5 Å². The summed E-state index contributed by atoms with van der Waals surface area (Å²) in [6.45, 7) is 11.1. The van der Waals surface area contributed by atoms with E-state index in [0.717, 1.165) is 5.56 Å². The molecule has 11 heteroatoms. The summed E-state index contributed by atoms with van der Waals surface area (Å²) in [6.07, 6.45) is 0.596. The number of nitrogens with one attached hydrogen (secondary N) is 1. The van der Waals surface area contributed by atoms with Crippen molar-refractivity contribution >= 4 is 35.7 Å². The molecule has 2 atom stereocenters. The van der Waals surface area contributed by atoms with Crippen molar-refractivity contribution in [3.8, 4) is 0 Å². The van der Waals surface area contributed by atoms with Gasteiger partial charge in [-0.05, 0) is 84.9 Å². The van der Waals surface area contributed by atoms with Gasteiger partial charge in [0.1, 0.15) is 17.2 Å². The van der Waals surface area contributed by atoms with Gasteiger partial charge in [0.25, 0.3) is 11.6 Å². The molecule has 2 fully saturated rings. The summed E-state index contributed by atoms with van der Waals surface area (Å²) < 4.78 is 16.9. The molecule has 2 aliphatic rings. The van der Waals surface area contributed by atoms with E-state index in [1.807, 2.05) is 12.1 Å². The molecule has 1 aromatic carbocycles. The van der Waals surface area contributed by atoms with E-state index in [9.17, 15) is 19.2 Å². The molecule has 2 saturated heterocycles. The zero-order valence-electron chi connectivity index (χ0n) is 23.7. The van der Waals surface area contributed by atoms with Gasteiger partial charge >= 0.3 is 18.2 Å². The SMILES string of the molecule is CC(C)(C)OC(=O)N1CCC[C@@H]1C(=O)O[C@@]1(C(=O)NCCc2ccc(Cl)cc2)CCCN1C(=O)OC(C)(C)C. The molecule has 0 spiro atoms. The number of ether oxygens (including phenoxy) is 3. The van der Waals surface area contributed by atoms with Crippen LogP contribution in [0.15, 0.2) is 24.3 Å². The molecule has 3 amide bonds. The van der Waals surface area contributed by atoms with E-state index in [4.69, 9.17) is 25.8 Å². The summed E-state index contributed by atoms with van der Waals surface area (Å²) in [5.74, 6) is -1.38. The lowest BCUT2D eigenvalue weighted by Crippen LogP contribution is -2.62.